The number of halogens is 1. The SMILES string of the molecule is C=IC(=N)/C(=C/C(=C)O)CC(=O)NC. The fraction of sp³-hybridized carbons (Fsp3) is 0.222. The van der Waals surface area contributed by atoms with E-state index in [0.717, 1.165) is 0 Å². The number of rotatable bonds is 5. The van der Waals surface area contributed by atoms with Crippen LogP contribution in [-0.4, -0.2) is 26.3 Å². The topological polar surface area (TPSA) is 73.2 Å². The third kappa shape index (κ3) is 4.90. The van der Waals surface area contributed by atoms with Crippen molar-refractivity contribution in [1.82, 2.24) is 5.32 Å². The summed E-state index contributed by atoms with van der Waals surface area (Å²) in [5.74, 6) is -0.342. The van der Waals surface area contributed by atoms with Crippen LogP contribution in [0.5, 0.6) is 0 Å². The quantitative estimate of drug-likeness (QED) is 0.312. The first-order chi connectivity index (χ1) is 6.51. The number of hydrogen-bond donors (Lipinski definition) is 3. The Morgan fingerprint density at radius 1 is 1.71 bits per heavy atom. The van der Waals surface area contributed by atoms with Gasteiger partial charge in [0.1, 0.15) is 5.76 Å². The monoisotopic (exact) mass is 308 g/mol. The fourth-order valence-corrected chi connectivity index (χ4v) is 1.58. The van der Waals surface area contributed by atoms with Crippen molar-refractivity contribution in [3.05, 3.63) is 24.0 Å². The summed E-state index contributed by atoms with van der Waals surface area (Å²) in [5, 5.41) is 18.9. The van der Waals surface area contributed by atoms with Crippen molar-refractivity contribution in [2.75, 3.05) is 7.05 Å². The zero-order valence-corrected chi connectivity index (χ0v) is 10.1. The molecule has 0 atom stereocenters. The van der Waals surface area contributed by atoms with Crippen LogP contribution in [0.2, 0.25) is 0 Å². The maximum atomic E-state index is 11.1. The van der Waals surface area contributed by atoms with Crippen LogP contribution in [0.1, 0.15) is 6.42 Å². The summed E-state index contributed by atoms with van der Waals surface area (Å²) >= 11 is -0.632. The normalized spacial score (nSPS) is 10.8. The van der Waals surface area contributed by atoms with Crippen LogP contribution < -0.4 is 5.32 Å². The summed E-state index contributed by atoms with van der Waals surface area (Å²) < 4.78 is 3.98. The van der Waals surface area contributed by atoms with Crippen molar-refractivity contribution in [3.8, 4) is 0 Å². The van der Waals surface area contributed by atoms with E-state index in [2.05, 4.69) is 16.4 Å². The van der Waals surface area contributed by atoms with Gasteiger partial charge < -0.3 is 10.4 Å². The smallest absolute Gasteiger partial charge is 0.224 e. The van der Waals surface area contributed by atoms with E-state index in [-0.39, 0.29) is 18.1 Å². The van der Waals surface area contributed by atoms with Crippen LogP contribution in [0, 0.1) is 5.41 Å². The Morgan fingerprint density at radius 2 is 2.29 bits per heavy atom. The molecule has 0 aliphatic heterocycles. The first-order valence-corrected chi connectivity index (χ1v) is 6.38. The minimum Gasteiger partial charge on any atom is -0.509 e. The molecule has 1 amide bonds. The first kappa shape index (κ1) is 13.0. The number of hydrogen-bond acceptors (Lipinski definition) is 3. The molecule has 14 heavy (non-hydrogen) atoms. The van der Waals surface area contributed by atoms with Crippen LogP contribution in [-0.2, 0) is 4.79 Å². The zero-order valence-electron chi connectivity index (χ0n) is 7.93. The van der Waals surface area contributed by atoms with Crippen LogP contribution in [0.4, 0.5) is 0 Å². The Morgan fingerprint density at radius 3 is 2.64 bits per heavy atom. The van der Waals surface area contributed by atoms with Crippen molar-refractivity contribution in [2.45, 2.75) is 6.42 Å². The summed E-state index contributed by atoms with van der Waals surface area (Å²) in [4.78, 5) is 11.1. The van der Waals surface area contributed by atoms with E-state index in [1.54, 1.807) is 0 Å². The molecular weight excluding hydrogens is 295 g/mol. The van der Waals surface area contributed by atoms with Gasteiger partial charge >= 0.3 is 0 Å². The van der Waals surface area contributed by atoms with E-state index in [1.807, 2.05) is 0 Å². The molecule has 4 nitrogen and oxygen atoms in total. The van der Waals surface area contributed by atoms with E-state index in [1.165, 1.54) is 13.1 Å². The maximum absolute atomic E-state index is 11.1. The van der Waals surface area contributed by atoms with E-state index < -0.39 is 20.7 Å². The molecular formula is C9H13IN2O2. The zero-order chi connectivity index (χ0) is 11.1. The van der Waals surface area contributed by atoms with Gasteiger partial charge in [0.05, 0.1) is 10.1 Å². The molecule has 3 N–H and O–H groups in total. The second kappa shape index (κ2) is 6.47. The molecule has 0 radical (unpaired) electrons. The Labute approximate surface area is 93.0 Å². The number of carbonyl (C=O) groups excluding carboxylic acids is 1. The molecule has 0 aromatic carbocycles. The van der Waals surface area contributed by atoms with Gasteiger partial charge in [-0.3, -0.25) is 10.2 Å². The van der Waals surface area contributed by atoms with Gasteiger partial charge in [0.15, 0.2) is 0 Å². The van der Waals surface area contributed by atoms with E-state index in [9.17, 15) is 4.79 Å². The lowest BCUT2D eigenvalue weighted by Gasteiger charge is -2.04. The number of amides is 1. The number of allylic oxidation sites excluding steroid dienone is 1. The number of aliphatic hydroxyl groups is 1. The van der Waals surface area contributed by atoms with Crippen LogP contribution >= 0.6 is 20.7 Å². The van der Waals surface area contributed by atoms with Crippen LogP contribution in [0.25, 0.3) is 0 Å². The van der Waals surface area contributed by atoms with Gasteiger partial charge in [-0.2, -0.15) is 0 Å². The number of carbonyl (C=O) groups is 1. The summed E-state index contributed by atoms with van der Waals surface area (Å²) in [6.45, 7) is 3.29. The van der Waals surface area contributed by atoms with Gasteiger partial charge in [-0.05, 0) is 11.6 Å². The molecule has 0 aromatic rings. The summed E-state index contributed by atoms with van der Waals surface area (Å²) in [6, 6.07) is 0. The molecule has 78 valence electrons. The van der Waals surface area contributed by atoms with Gasteiger partial charge in [0.25, 0.3) is 0 Å². The molecule has 0 aliphatic rings. The summed E-state index contributed by atoms with van der Waals surface area (Å²) in [6.07, 6.45) is 1.42. The highest BCUT2D eigenvalue weighted by atomic mass is 127. The largest absolute Gasteiger partial charge is 0.509 e. The lowest BCUT2D eigenvalue weighted by Crippen LogP contribution is -2.19. The van der Waals surface area contributed by atoms with E-state index in [4.69, 9.17) is 10.5 Å². The average molecular weight is 308 g/mol. The average Bonchev–Trinajstić information content (AvgIpc) is 2.14. The van der Waals surface area contributed by atoms with Crippen molar-refractivity contribution >= 4 is 34.9 Å². The minimum atomic E-state index is -0.632. The number of nitrogens with one attached hydrogen (secondary N) is 2. The highest BCUT2D eigenvalue weighted by Crippen LogP contribution is 2.13. The standard InChI is InChI=1S/C9H13IN2O2/c1-6(13)4-7(9(11)10-2)5-8(14)12-3/h4,11,13H,1-2,5H2,3H3,(H,12,14)/b7-4+,11-9?. The Hall–Kier alpha value is -0.980. The molecule has 0 aromatic heterocycles. The molecule has 0 spiro atoms. The van der Waals surface area contributed by atoms with Crippen molar-refractivity contribution in [3.63, 3.8) is 0 Å². The van der Waals surface area contributed by atoms with Crippen LogP contribution in [0.3, 0.4) is 0 Å². The highest BCUT2D eigenvalue weighted by Gasteiger charge is 2.08. The Bertz CT molecular complexity index is 308. The van der Waals surface area contributed by atoms with Gasteiger partial charge in [0.2, 0.25) is 5.91 Å². The van der Waals surface area contributed by atoms with E-state index >= 15 is 0 Å². The second-order valence-corrected chi connectivity index (χ2v) is 4.30. The first-order valence-electron chi connectivity index (χ1n) is 3.77. The molecule has 5 heteroatoms. The van der Waals surface area contributed by atoms with Crippen molar-refractivity contribution in [1.29, 1.82) is 5.41 Å². The second-order valence-electron chi connectivity index (χ2n) is 2.46. The summed E-state index contributed by atoms with van der Waals surface area (Å²) in [5.41, 5.74) is 0.486. The lowest BCUT2D eigenvalue weighted by atomic mass is 10.2. The predicted molar refractivity (Wildman–Crippen MR) is 67.4 cm³/mol. The fourth-order valence-electron chi connectivity index (χ4n) is 0.740. The van der Waals surface area contributed by atoms with Gasteiger partial charge in [0, 0.05) is 7.05 Å². The molecule has 0 aliphatic carbocycles. The Balaban J connectivity index is 4.74. The molecule has 0 rings (SSSR count). The van der Waals surface area contributed by atoms with Gasteiger partial charge in [-0.25, -0.2) is 0 Å². The van der Waals surface area contributed by atoms with Crippen molar-refractivity contribution < 1.29 is 9.90 Å². The minimum absolute atomic E-state index is 0.0875. The molecule has 0 heterocycles. The maximum Gasteiger partial charge on any atom is 0.224 e. The lowest BCUT2D eigenvalue weighted by molar-refractivity contribution is -0.119. The predicted octanol–water partition coefficient (Wildman–Crippen LogP) is 1.50. The molecule has 0 bridgehead atoms. The highest BCUT2D eigenvalue weighted by molar-refractivity contribution is 14.2. The van der Waals surface area contributed by atoms with E-state index in [0.29, 0.717) is 9.29 Å². The number of aliphatic hydroxyl groups excluding tert-OH is 1. The molecule has 0 saturated heterocycles. The third-order valence-corrected chi connectivity index (χ3v) is 2.84. The molecule has 0 unspecified atom stereocenters. The van der Waals surface area contributed by atoms with Gasteiger partial charge in [-0.1, -0.05) is 31.8 Å². The summed E-state index contributed by atoms with van der Waals surface area (Å²) in [7, 11) is 1.52. The molecule has 0 fully saturated rings. The Kier molecular flexibility index (Phi) is 6.02. The van der Waals surface area contributed by atoms with Crippen LogP contribution in [0.15, 0.2) is 24.0 Å². The third-order valence-electron chi connectivity index (χ3n) is 1.39. The molecule has 0 saturated carbocycles. The van der Waals surface area contributed by atoms with Crippen molar-refractivity contribution in [2.24, 2.45) is 0 Å². The van der Waals surface area contributed by atoms with Gasteiger partial charge in [-0.15, -0.1) is 0 Å².